The molecular weight excluding hydrogens is 426 g/mol. The van der Waals surface area contributed by atoms with Crippen molar-refractivity contribution < 1.29 is 28.3 Å². The maximum absolute atomic E-state index is 12.7. The number of hydrogen-bond acceptors (Lipinski definition) is 6. The van der Waals surface area contributed by atoms with E-state index in [-0.39, 0.29) is 24.6 Å². The van der Waals surface area contributed by atoms with Crippen LogP contribution in [0.1, 0.15) is 11.3 Å². The number of rotatable bonds is 7. The summed E-state index contributed by atoms with van der Waals surface area (Å²) in [4.78, 5) is 49.9. The SMILES string of the molecule is O=C(COc1ccc(C=C2C(=O)NC(=O)N(Cc3ccco3)C2=O)cc1)Nc1ccccc1. The van der Waals surface area contributed by atoms with Gasteiger partial charge in [-0.05, 0) is 48.0 Å². The Morgan fingerprint density at radius 1 is 1.00 bits per heavy atom. The molecule has 1 aromatic heterocycles. The molecule has 0 atom stereocenters. The molecule has 4 rings (SSSR count). The number of benzene rings is 2. The van der Waals surface area contributed by atoms with Crippen molar-refractivity contribution in [3.63, 3.8) is 0 Å². The first kappa shape index (κ1) is 21.6. The summed E-state index contributed by atoms with van der Waals surface area (Å²) in [5.74, 6) is -0.964. The highest BCUT2D eigenvalue weighted by Gasteiger charge is 2.36. The lowest BCUT2D eigenvalue weighted by molar-refractivity contribution is -0.130. The van der Waals surface area contributed by atoms with E-state index < -0.39 is 17.8 Å². The minimum atomic E-state index is -0.809. The highest BCUT2D eigenvalue weighted by atomic mass is 16.5. The molecule has 1 aliphatic heterocycles. The Labute approximate surface area is 188 Å². The van der Waals surface area contributed by atoms with E-state index in [4.69, 9.17) is 9.15 Å². The lowest BCUT2D eigenvalue weighted by atomic mass is 10.1. The first-order valence-corrected chi connectivity index (χ1v) is 9.98. The van der Waals surface area contributed by atoms with E-state index in [0.717, 1.165) is 4.90 Å². The molecule has 0 unspecified atom stereocenters. The predicted molar refractivity (Wildman–Crippen MR) is 118 cm³/mol. The van der Waals surface area contributed by atoms with Gasteiger partial charge in [0.1, 0.15) is 17.1 Å². The number of anilines is 1. The van der Waals surface area contributed by atoms with Crippen LogP contribution in [0.25, 0.3) is 6.08 Å². The Morgan fingerprint density at radius 3 is 2.45 bits per heavy atom. The highest BCUT2D eigenvalue weighted by molar-refractivity contribution is 6.30. The van der Waals surface area contributed by atoms with Crippen LogP contribution < -0.4 is 15.4 Å². The third-order valence-corrected chi connectivity index (χ3v) is 4.70. The highest BCUT2D eigenvalue weighted by Crippen LogP contribution is 2.19. The molecule has 1 aliphatic rings. The van der Waals surface area contributed by atoms with Crippen LogP contribution in [-0.4, -0.2) is 35.3 Å². The molecule has 2 N–H and O–H groups in total. The summed E-state index contributed by atoms with van der Waals surface area (Å²) in [5.41, 5.74) is 1.03. The quantitative estimate of drug-likeness (QED) is 0.426. The molecule has 2 aromatic carbocycles. The minimum absolute atomic E-state index is 0.0971. The molecule has 2 heterocycles. The molecule has 0 saturated carbocycles. The number of nitrogens with one attached hydrogen (secondary N) is 2. The Balaban J connectivity index is 1.39. The largest absolute Gasteiger partial charge is 0.484 e. The van der Waals surface area contributed by atoms with Crippen LogP contribution in [0.5, 0.6) is 5.75 Å². The number of hydrogen-bond donors (Lipinski definition) is 2. The van der Waals surface area contributed by atoms with Gasteiger partial charge in [-0.3, -0.25) is 24.6 Å². The van der Waals surface area contributed by atoms with Gasteiger partial charge in [-0.2, -0.15) is 0 Å². The van der Waals surface area contributed by atoms with E-state index in [1.54, 1.807) is 48.5 Å². The van der Waals surface area contributed by atoms with Crippen molar-refractivity contribution in [3.05, 3.63) is 89.9 Å². The molecule has 9 nitrogen and oxygen atoms in total. The van der Waals surface area contributed by atoms with E-state index in [9.17, 15) is 19.2 Å². The fourth-order valence-corrected chi connectivity index (χ4v) is 3.09. The molecule has 9 heteroatoms. The molecule has 5 amide bonds. The standard InChI is InChI=1S/C24H19N3O6/c28-21(25-17-5-2-1-3-6-17)15-33-18-10-8-16(9-11-18)13-20-22(29)26-24(31)27(23(20)30)14-19-7-4-12-32-19/h1-13H,14-15H2,(H,25,28)(H,26,29,31). The van der Waals surface area contributed by atoms with Crippen LogP contribution in [-0.2, 0) is 20.9 Å². The Kier molecular flexibility index (Phi) is 6.31. The summed E-state index contributed by atoms with van der Waals surface area (Å²) in [6.07, 6.45) is 2.81. The number of nitrogens with zero attached hydrogens (tertiary/aromatic N) is 1. The summed E-state index contributed by atoms with van der Waals surface area (Å²) in [7, 11) is 0. The molecule has 3 aromatic rings. The molecule has 0 bridgehead atoms. The van der Waals surface area contributed by atoms with E-state index in [1.165, 1.54) is 12.3 Å². The lowest BCUT2D eigenvalue weighted by Gasteiger charge is -2.25. The normalized spacial score (nSPS) is 14.8. The molecule has 33 heavy (non-hydrogen) atoms. The smallest absolute Gasteiger partial charge is 0.331 e. The van der Waals surface area contributed by atoms with Gasteiger partial charge in [0.25, 0.3) is 17.7 Å². The van der Waals surface area contributed by atoms with Gasteiger partial charge in [0, 0.05) is 5.69 Å². The Morgan fingerprint density at radius 2 is 1.76 bits per heavy atom. The Hall–Kier alpha value is -4.66. The molecule has 1 fully saturated rings. The summed E-state index contributed by atoms with van der Waals surface area (Å²) in [5, 5.41) is 4.87. The third-order valence-electron chi connectivity index (χ3n) is 4.70. The zero-order valence-electron chi connectivity index (χ0n) is 17.3. The second-order valence-electron chi connectivity index (χ2n) is 7.06. The monoisotopic (exact) mass is 445 g/mol. The number of furan rings is 1. The van der Waals surface area contributed by atoms with Crippen molar-refractivity contribution >= 4 is 35.5 Å². The molecule has 0 spiro atoms. The van der Waals surface area contributed by atoms with Crippen LogP contribution >= 0.6 is 0 Å². The second-order valence-corrected chi connectivity index (χ2v) is 7.06. The van der Waals surface area contributed by atoms with E-state index >= 15 is 0 Å². The summed E-state index contributed by atoms with van der Waals surface area (Å²) in [6.45, 7) is -0.278. The van der Waals surface area contributed by atoms with Crippen molar-refractivity contribution in [2.75, 3.05) is 11.9 Å². The Bertz CT molecular complexity index is 1200. The predicted octanol–water partition coefficient (Wildman–Crippen LogP) is 2.96. The average molecular weight is 445 g/mol. The van der Waals surface area contributed by atoms with Gasteiger partial charge in [0.15, 0.2) is 6.61 Å². The number of ether oxygens (including phenoxy) is 1. The van der Waals surface area contributed by atoms with Gasteiger partial charge < -0.3 is 14.5 Å². The van der Waals surface area contributed by atoms with E-state index in [0.29, 0.717) is 22.8 Å². The van der Waals surface area contributed by atoms with Crippen LogP contribution in [0.15, 0.2) is 83.0 Å². The fourth-order valence-electron chi connectivity index (χ4n) is 3.09. The third kappa shape index (κ3) is 5.34. The number of carbonyl (C=O) groups excluding carboxylic acids is 4. The first-order valence-electron chi connectivity index (χ1n) is 9.98. The zero-order chi connectivity index (χ0) is 23.2. The van der Waals surface area contributed by atoms with Crippen molar-refractivity contribution in [2.24, 2.45) is 0 Å². The molecule has 1 saturated heterocycles. The van der Waals surface area contributed by atoms with Crippen LogP contribution in [0.2, 0.25) is 0 Å². The maximum atomic E-state index is 12.7. The van der Waals surface area contributed by atoms with Gasteiger partial charge in [0.2, 0.25) is 0 Å². The molecule has 0 aliphatic carbocycles. The maximum Gasteiger partial charge on any atom is 0.331 e. The van der Waals surface area contributed by atoms with Gasteiger partial charge in [-0.1, -0.05) is 30.3 Å². The second kappa shape index (κ2) is 9.65. The van der Waals surface area contributed by atoms with Crippen molar-refractivity contribution in [2.45, 2.75) is 6.54 Å². The number of para-hydroxylation sites is 1. The topological polar surface area (TPSA) is 118 Å². The van der Waals surface area contributed by atoms with Gasteiger partial charge in [-0.15, -0.1) is 0 Å². The van der Waals surface area contributed by atoms with Crippen LogP contribution in [0.3, 0.4) is 0 Å². The van der Waals surface area contributed by atoms with E-state index in [2.05, 4.69) is 10.6 Å². The van der Waals surface area contributed by atoms with E-state index in [1.807, 2.05) is 18.2 Å². The van der Waals surface area contributed by atoms with Gasteiger partial charge in [0.05, 0.1) is 12.8 Å². The zero-order valence-corrected chi connectivity index (χ0v) is 17.3. The summed E-state index contributed by atoms with van der Waals surface area (Å²) >= 11 is 0. The van der Waals surface area contributed by atoms with Crippen LogP contribution in [0, 0.1) is 0 Å². The summed E-state index contributed by atoms with van der Waals surface area (Å²) in [6, 6.07) is 17.9. The van der Waals surface area contributed by atoms with Crippen molar-refractivity contribution in [3.8, 4) is 5.75 Å². The van der Waals surface area contributed by atoms with Crippen LogP contribution in [0.4, 0.5) is 10.5 Å². The van der Waals surface area contributed by atoms with Gasteiger partial charge in [-0.25, -0.2) is 4.79 Å². The average Bonchev–Trinajstić information content (AvgIpc) is 3.33. The molecule has 0 radical (unpaired) electrons. The lowest BCUT2D eigenvalue weighted by Crippen LogP contribution is -2.53. The number of carbonyl (C=O) groups is 4. The van der Waals surface area contributed by atoms with Gasteiger partial charge >= 0.3 is 6.03 Å². The molecule has 166 valence electrons. The minimum Gasteiger partial charge on any atom is -0.484 e. The number of imide groups is 2. The number of urea groups is 1. The summed E-state index contributed by atoms with van der Waals surface area (Å²) < 4.78 is 10.7. The number of amides is 5. The number of barbiturate groups is 1. The first-order chi connectivity index (χ1) is 16.0. The van der Waals surface area contributed by atoms with Crippen molar-refractivity contribution in [1.29, 1.82) is 0 Å². The fraction of sp³-hybridized carbons (Fsp3) is 0.0833. The molecular formula is C24H19N3O6. The van der Waals surface area contributed by atoms with Crippen molar-refractivity contribution in [1.82, 2.24) is 10.2 Å².